The van der Waals surface area contributed by atoms with Gasteiger partial charge in [-0.2, -0.15) is 10.2 Å². The van der Waals surface area contributed by atoms with Gasteiger partial charge in [-0.05, 0) is 36.1 Å². The van der Waals surface area contributed by atoms with E-state index < -0.39 is 0 Å². The predicted octanol–water partition coefficient (Wildman–Crippen LogP) is 3.66. The smallest absolute Gasteiger partial charge is 0.276 e. The number of rotatable bonds is 8. The average Bonchev–Trinajstić information content (AvgIpc) is 3.34. The molecule has 0 spiro atoms. The topological polar surface area (TPSA) is 83.2 Å². The molecule has 8 nitrogen and oxygen atoms in total. The van der Waals surface area contributed by atoms with Gasteiger partial charge in [-0.3, -0.25) is 4.79 Å². The molecule has 1 N–H and O–H groups in total. The zero-order valence-electron chi connectivity index (χ0n) is 17.3. The van der Waals surface area contributed by atoms with Crippen molar-refractivity contribution in [1.29, 1.82) is 0 Å². The fraction of sp³-hybridized carbons (Fsp3) is 0.381. The minimum atomic E-state index is -0.311. The van der Waals surface area contributed by atoms with E-state index in [1.807, 2.05) is 19.1 Å². The standard InChI is InChI=1S/C21H27N5O3/c1-5-28-14-26-13-17(12-22-26)23-20(27)19-10-11-25(24-19)15-29-18-8-6-16(7-9-18)21(2,3)4/h6-13H,5,14-15H2,1-4H3,(H,23,27). The van der Waals surface area contributed by atoms with Gasteiger partial charge in [0.1, 0.15) is 12.5 Å². The second-order valence-corrected chi connectivity index (χ2v) is 7.63. The van der Waals surface area contributed by atoms with Crippen molar-refractivity contribution in [1.82, 2.24) is 19.6 Å². The van der Waals surface area contributed by atoms with Gasteiger partial charge in [-0.25, -0.2) is 9.36 Å². The second-order valence-electron chi connectivity index (χ2n) is 7.63. The zero-order valence-corrected chi connectivity index (χ0v) is 17.3. The highest BCUT2D eigenvalue weighted by Gasteiger charge is 2.14. The number of aromatic nitrogens is 4. The van der Waals surface area contributed by atoms with Crippen LogP contribution in [0.4, 0.5) is 5.69 Å². The Balaban J connectivity index is 1.53. The number of ether oxygens (including phenoxy) is 2. The first-order valence-corrected chi connectivity index (χ1v) is 9.53. The highest BCUT2D eigenvalue weighted by atomic mass is 16.5. The maximum Gasteiger partial charge on any atom is 0.276 e. The number of benzene rings is 1. The van der Waals surface area contributed by atoms with Gasteiger partial charge in [0.25, 0.3) is 5.91 Å². The van der Waals surface area contributed by atoms with Crippen LogP contribution >= 0.6 is 0 Å². The quantitative estimate of drug-likeness (QED) is 0.627. The third-order valence-corrected chi connectivity index (χ3v) is 4.28. The summed E-state index contributed by atoms with van der Waals surface area (Å²) in [6.45, 7) is 9.58. The van der Waals surface area contributed by atoms with Crippen molar-refractivity contribution in [2.24, 2.45) is 0 Å². The molecule has 154 valence electrons. The SMILES string of the molecule is CCOCn1cc(NC(=O)c2ccn(COc3ccc(C(C)(C)C)cc3)n2)cn1. The minimum absolute atomic E-state index is 0.0995. The van der Waals surface area contributed by atoms with Crippen LogP contribution in [0.3, 0.4) is 0 Å². The van der Waals surface area contributed by atoms with Crippen LogP contribution in [0, 0.1) is 0 Å². The first-order chi connectivity index (χ1) is 13.8. The van der Waals surface area contributed by atoms with Crippen molar-refractivity contribution in [2.75, 3.05) is 11.9 Å². The molecule has 1 aromatic carbocycles. The number of anilines is 1. The summed E-state index contributed by atoms with van der Waals surface area (Å²) in [5.74, 6) is 0.440. The van der Waals surface area contributed by atoms with E-state index in [0.29, 0.717) is 24.7 Å². The molecule has 0 aliphatic heterocycles. The number of amides is 1. The molecule has 0 bridgehead atoms. The molecule has 0 atom stereocenters. The van der Waals surface area contributed by atoms with E-state index in [2.05, 4.69) is 48.4 Å². The fourth-order valence-electron chi connectivity index (χ4n) is 2.63. The molecule has 8 heteroatoms. The van der Waals surface area contributed by atoms with Gasteiger partial charge in [0, 0.05) is 12.8 Å². The maximum absolute atomic E-state index is 12.4. The highest BCUT2D eigenvalue weighted by molar-refractivity contribution is 6.02. The number of carbonyl (C=O) groups excluding carboxylic acids is 1. The van der Waals surface area contributed by atoms with Gasteiger partial charge < -0.3 is 14.8 Å². The third kappa shape index (κ3) is 5.68. The Kier molecular flexibility index (Phi) is 6.33. The van der Waals surface area contributed by atoms with Gasteiger partial charge in [0.15, 0.2) is 12.4 Å². The second kappa shape index (κ2) is 8.91. The van der Waals surface area contributed by atoms with Crippen molar-refractivity contribution >= 4 is 11.6 Å². The number of hydrogen-bond donors (Lipinski definition) is 1. The van der Waals surface area contributed by atoms with E-state index in [1.54, 1.807) is 34.0 Å². The molecule has 0 fully saturated rings. The van der Waals surface area contributed by atoms with Gasteiger partial charge >= 0.3 is 0 Å². The molecule has 2 aromatic heterocycles. The van der Waals surface area contributed by atoms with E-state index in [9.17, 15) is 4.79 Å². The lowest BCUT2D eigenvalue weighted by Crippen LogP contribution is -2.14. The van der Waals surface area contributed by atoms with Crippen LogP contribution in [-0.4, -0.2) is 32.1 Å². The number of nitrogens with one attached hydrogen (secondary N) is 1. The lowest BCUT2D eigenvalue weighted by Gasteiger charge is -2.19. The summed E-state index contributed by atoms with van der Waals surface area (Å²) in [4.78, 5) is 12.4. The number of nitrogens with zero attached hydrogens (tertiary/aromatic N) is 4. The summed E-state index contributed by atoms with van der Waals surface area (Å²) < 4.78 is 14.2. The lowest BCUT2D eigenvalue weighted by molar-refractivity contribution is 0.0792. The van der Waals surface area contributed by atoms with E-state index in [1.165, 1.54) is 5.56 Å². The van der Waals surface area contributed by atoms with Crippen LogP contribution in [0.5, 0.6) is 5.75 Å². The molecule has 3 aromatic rings. The summed E-state index contributed by atoms with van der Waals surface area (Å²) in [6.07, 6.45) is 4.98. The minimum Gasteiger partial charge on any atom is -0.471 e. The van der Waals surface area contributed by atoms with Gasteiger partial charge in [0.05, 0.1) is 18.1 Å². The van der Waals surface area contributed by atoms with Crippen LogP contribution in [0.15, 0.2) is 48.9 Å². The van der Waals surface area contributed by atoms with E-state index in [4.69, 9.17) is 9.47 Å². The first kappa shape index (κ1) is 20.6. The molecule has 1 amide bonds. The number of hydrogen-bond acceptors (Lipinski definition) is 5. The summed E-state index contributed by atoms with van der Waals surface area (Å²) in [7, 11) is 0. The predicted molar refractivity (Wildman–Crippen MR) is 110 cm³/mol. The van der Waals surface area contributed by atoms with E-state index >= 15 is 0 Å². The van der Waals surface area contributed by atoms with Crippen LogP contribution in [-0.2, 0) is 23.6 Å². The molecule has 29 heavy (non-hydrogen) atoms. The monoisotopic (exact) mass is 397 g/mol. The Hall–Kier alpha value is -3.13. The van der Waals surface area contributed by atoms with Crippen molar-refractivity contribution in [3.8, 4) is 5.75 Å². The molecule has 0 unspecified atom stereocenters. The van der Waals surface area contributed by atoms with Crippen LogP contribution in [0.2, 0.25) is 0 Å². The van der Waals surface area contributed by atoms with Crippen molar-refractivity contribution in [2.45, 2.75) is 46.6 Å². The summed E-state index contributed by atoms with van der Waals surface area (Å²) in [5, 5.41) is 11.2. The lowest BCUT2D eigenvalue weighted by atomic mass is 9.87. The molecule has 0 aliphatic carbocycles. The van der Waals surface area contributed by atoms with Crippen LogP contribution in [0.1, 0.15) is 43.7 Å². The molecular weight excluding hydrogens is 370 g/mol. The third-order valence-electron chi connectivity index (χ3n) is 4.28. The van der Waals surface area contributed by atoms with Gasteiger partial charge in [-0.15, -0.1) is 0 Å². The largest absolute Gasteiger partial charge is 0.471 e. The molecule has 0 radical (unpaired) electrons. The zero-order chi connectivity index (χ0) is 20.9. The Bertz CT molecular complexity index is 938. The maximum atomic E-state index is 12.4. The summed E-state index contributed by atoms with van der Waals surface area (Å²) >= 11 is 0. The summed E-state index contributed by atoms with van der Waals surface area (Å²) in [5.41, 5.74) is 2.23. The summed E-state index contributed by atoms with van der Waals surface area (Å²) in [6, 6.07) is 9.65. The van der Waals surface area contributed by atoms with Gasteiger partial charge in [-0.1, -0.05) is 32.9 Å². The molecule has 3 rings (SSSR count). The Morgan fingerprint density at radius 3 is 2.55 bits per heavy atom. The van der Waals surface area contributed by atoms with Crippen LogP contribution in [0.25, 0.3) is 0 Å². The molecule has 0 saturated carbocycles. The highest BCUT2D eigenvalue weighted by Crippen LogP contribution is 2.24. The van der Waals surface area contributed by atoms with E-state index in [-0.39, 0.29) is 18.1 Å². The Labute approximate surface area is 170 Å². The Morgan fingerprint density at radius 1 is 1.10 bits per heavy atom. The number of carbonyl (C=O) groups is 1. The van der Waals surface area contributed by atoms with Crippen LogP contribution < -0.4 is 10.1 Å². The van der Waals surface area contributed by atoms with Crippen molar-refractivity contribution in [3.63, 3.8) is 0 Å². The van der Waals surface area contributed by atoms with E-state index in [0.717, 1.165) is 5.75 Å². The molecule has 0 saturated heterocycles. The van der Waals surface area contributed by atoms with Crippen molar-refractivity contribution in [3.05, 3.63) is 60.2 Å². The normalized spacial score (nSPS) is 11.4. The van der Waals surface area contributed by atoms with Crippen molar-refractivity contribution < 1.29 is 14.3 Å². The van der Waals surface area contributed by atoms with Gasteiger partial charge in [0.2, 0.25) is 0 Å². The Morgan fingerprint density at radius 2 is 1.86 bits per heavy atom. The molecule has 2 heterocycles. The molecular formula is C21H27N5O3. The fourth-order valence-corrected chi connectivity index (χ4v) is 2.63. The average molecular weight is 397 g/mol. The molecule has 0 aliphatic rings. The first-order valence-electron chi connectivity index (χ1n) is 9.53.